The van der Waals surface area contributed by atoms with Crippen LogP contribution in [-0.2, 0) is 16.1 Å². The van der Waals surface area contributed by atoms with Crippen LogP contribution in [0.15, 0.2) is 54.6 Å². The van der Waals surface area contributed by atoms with Crippen molar-refractivity contribution in [3.05, 3.63) is 65.7 Å². The average Bonchev–Trinajstić information content (AvgIpc) is 2.96. The van der Waals surface area contributed by atoms with Gasteiger partial charge in [-0.05, 0) is 61.4 Å². The van der Waals surface area contributed by atoms with Gasteiger partial charge in [-0.1, -0.05) is 30.3 Å². The Balaban J connectivity index is 1.52. The number of hydrogen-bond acceptors (Lipinski definition) is 5. The third-order valence-electron chi connectivity index (χ3n) is 6.24. The van der Waals surface area contributed by atoms with E-state index in [1.54, 1.807) is 21.5 Å². The molecule has 2 aliphatic rings. The van der Waals surface area contributed by atoms with E-state index in [0.29, 0.717) is 31.5 Å². The van der Waals surface area contributed by atoms with Gasteiger partial charge in [0, 0.05) is 25.8 Å². The maximum Gasteiger partial charge on any atom is 0.338 e. The Morgan fingerprint density at radius 2 is 1.73 bits per heavy atom. The lowest BCUT2D eigenvalue weighted by Gasteiger charge is -2.43. The molecule has 158 valence electrons. The Hall–Kier alpha value is -2.57. The second kappa shape index (κ2) is 8.28. The molecule has 6 nitrogen and oxygen atoms in total. The molecule has 2 aliphatic heterocycles. The summed E-state index contributed by atoms with van der Waals surface area (Å²) in [5, 5.41) is 0. The number of ether oxygens (including phenoxy) is 1. The van der Waals surface area contributed by atoms with E-state index in [-0.39, 0.29) is 24.6 Å². The lowest BCUT2D eigenvalue weighted by Crippen LogP contribution is -2.56. The average molecular weight is 428 g/mol. The number of benzene rings is 2. The fraction of sp³-hybridized carbons (Fsp3) is 0.391. The maximum atomic E-state index is 13.1. The van der Waals surface area contributed by atoms with Gasteiger partial charge in [-0.2, -0.15) is 0 Å². The van der Waals surface area contributed by atoms with Crippen molar-refractivity contribution in [3.8, 4) is 0 Å². The van der Waals surface area contributed by atoms with Crippen molar-refractivity contribution in [2.45, 2.75) is 38.1 Å². The molecule has 7 heteroatoms. The number of halogens is 1. The van der Waals surface area contributed by atoms with Crippen LogP contribution >= 0.6 is 11.8 Å². The molecule has 4 rings (SSSR count). The van der Waals surface area contributed by atoms with Gasteiger partial charge in [-0.25, -0.2) is 9.21 Å². The fourth-order valence-electron chi connectivity index (χ4n) is 4.46. The quantitative estimate of drug-likeness (QED) is 0.550. The van der Waals surface area contributed by atoms with Crippen molar-refractivity contribution < 1.29 is 14.3 Å². The molecule has 1 amide bonds. The molecule has 1 atom stereocenters. The highest BCUT2D eigenvalue weighted by molar-refractivity contribution is 6.13. The van der Waals surface area contributed by atoms with Gasteiger partial charge in [0.1, 0.15) is 18.3 Å². The van der Waals surface area contributed by atoms with E-state index in [0.717, 1.165) is 11.3 Å². The van der Waals surface area contributed by atoms with Crippen molar-refractivity contribution in [2.75, 3.05) is 25.0 Å². The molecule has 0 bridgehead atoms. The van der Waals surface area contributed by atoms with E-state index in [4.69, 9.17) is 16.5 Å². The van der Waals surface area contributed by atoms with Gasteiger partial charge in [-0.15, -0.1) is 0 Å². The number of amides is 1. The number of esters is 1. The molecule has 2 fully saturated rings. The molecule has 30 heavy (non-hydrogen) atoms. The predicted molar refractivity (Wildman–Crippen MR) is 116 cm³/mol. The third kappa shape index (κ3) is 3.66. The molecule has 1 spiro atoms. The van der Waals surface area contributed by atoms with Gasteiger partial charge >= 0.3 is 5.97 Å². The van der Waals surface area contributed by atoms with Gasteiger partial charge in [0.2, 0.25) is 5.91 Å². The molecule has 0 radical (unpaired) electrons. The van der Waals surface area contributed by atoms with Gasteiger partial charge in [0.05, 0.1) is 5.56 Å². The first-order chi connectivity index (χ1) is 14.4. The van der Waals surface area contributed by atoms with E-state index >= 15 is 0 Å². The molecular weight excluding hydrogens is 402 g/mol. The molecule has 0 aromatic heterocycles. The van der Waals surface area contributed by atoms with E-state index in [2.05, 4.69) is 4.90 Å². The Bertz CT molecular complexity index is 911. The number of anilines is 1. The van der Waals surface area contributed by atoms with E-state index in [9.17, 15) is 9.59 Å². The first-order valence-corrected chi connectivity index (χ1v) is 10.5. The molecule has 0 aliphatic carbocycles. The molecular formula is C23H26ClN3O3. The van der Waals surface area contributed by atoms with Gasteiger partial charge < -0.3 is 14.5 Å². The van der Waals surface area contributed by atoms with Crippen LogP contribution in [0.4, 0.5) is 5.69 Å². The minimum Gasteiger partial charge on any atom is -0.457 e. The highest BCUT2D eigenvalue weighted by Crippen LogP contribution is 2.42. The van der Waals surface area contributed by atoms with Gasteiger partial charge in [-0.3, -0.25) is 4.79 Å². The molecule has 2 aromatic rings. The van der Waals surface area contributed by atoms with Crippen LogP contribution < -0.4 is 4.90 Å². The number of hydrogen-bond donors (Lipinski definition) is 0. The molecule has 2 aromatic carbocycles. The predicted octanol–water partition coefficient (Wildman–Crippen LogP) is 3.66. The summed E-state index contributed by atoms with van der Waals surface area (Å²) in [6.07, 6.45) is 1.27. The van der Waals surface area contributed by atoms with Crippen LogP contribution in [0.5, 0.6) is 0 Å². The number of carbonyl (C=O) groups is 2. The minimum atomic E-state index is -0.588. The summed E-state index contributed by atoms with van der Waals surface area (Å²) in [6, 6.07) is 16.9. The number of rotatable bonds is 4. The van der Waals surface area contributed by atoms with Crippen molar-refractivity contribution in [1.82, 2.24) is 9.32 Å². The summed E-state index contributed by atoms with van der Waals surface area (Å²) >= 11 is 6.16. The normalized spacial score (nSPS) is 21.3. The zero-order chi connectivity index (χ0) is 21.3. The number of nitrogens with zero attached hydrogens (tertiary/aromatic N) is 3. The van der Waals surface area contributed by atoms with E-state index < -0.39 is 5.54 Å². The second-order valence-electron chi connectivity index (χ2n) is 7.97. The molecule has 0 saturated carbocycles. The Labute approximate surface area is 182 Å². The third-order valence-corrected chi connectivity index (χ3v) is 6.58. The molecule has 1 unspecified atom stereocenters. The van der Waals surface area contributed by atoms with Crippen LogP contribution in [0.3, 0.4) is 0 Å². The minimum absolute atomic E-state index is 0.0738. The lowest BCUT2D eigenvalue weighted by atomic mass is 9.86. The zero-order valence-electron chi connectivity index (χ0n) is 17.3. The second-order valence-corrected chi connectivity index (χ2v) is 8.45. The topological polar surface area (TPSA) is 53.1 Å². The smallest absolute Gasteiger partial charge is 0.338 e. The summed E-state index contributed by atoms with van der Waals surface area (Å²) in [6.45, 7) is 3.59. The SMILES string of the molecule is CC1N(C)C(=O)C2(CCN(Cl)CC2)N1c1ccc(C(=O)OCc2ccccc2)cc1. The fourth-order valence-corrected chi connectivity index (χ4v) is 4.63. The molecule has 0 N–H and O–H groups in total. The maximum absolute atomic E-state index is 13.1. The summed E-state index contributed by atoms with van der Waals surface area (Å²) in [5.41, 5.74) is 1.77. The van der Waals surface area contributed by atoms with Crippen molar-refractivity contribution in [2.24, 2.45) is 0 Å². The zero-order valence-corrected chi connectivity index (χ0v) is 18.0. The van der Waals surface area contributed by atoms with Gasteiger partial charge in [0.25, 0.3) is 0 Å². The summed E-state index contributed by atoms with van der Waals surface area (Å²) in [4.78, 5) is 29.5. The van der Waals surface area contributed by atoms with E-state index in [1.807, 2.05) is 56.4 Å². The first-order valence-electron chi connectivity index (χ1n) is 10.2. The van der Waals surface area contributed by atoms with Crippen LogP contribution in [0.2, 0.25) is 0 Å². The highest BCUT2D eigenvalue weighted by atomic mass is 35.5. The molecule has 2 saturated heterocycles. The number of piperidine rings is 1. The lowest BCUT2D eigenvalue weighted by molar-refractivity contribution is -0.132. The van der Waals surface area contributed by atoms with Crippen LogP contribution in [0.25, 0.3) is 0 Å². The number of carbonyl (C=O) groups excluding carboxylic acids is 2. The summed E-state index contributed by atoms with van der Waals surface area (Å²) in [5.74, 6) is -0.232. The van der Waals surface area contributed by atoms with Crippen molar-refractivity contribution >= 4 is 29.3 Å². The van der Waals surface area contributed by atoms with Gasteiger partial charge in [0.15, 0.2) is 0 Å². The largest absolute Gasteiger partial charge is 0.457 e. The standard InChI is InChI=1S/C23H26ClN3O3/c1-17-25(2)22(29)23(12-14-26(24)15-13-23)27(17)20-10-8-19(9-11-20)21(28)30-16-18-6-4-3-5-7-18/h3-11,17H,12-16H2,1-2H3. The van der Waals surface area contributed by atoms with Crippen LogP contribution in [0, 0.1) is 0 Å². The summed E-state index contributed by atoms with van der Waals surface area (Å²) in [7, 11) is 1.84. The van der Waals surface area contributed by atoms with Crippen LogP contribution in [-0.4, -0.2) is 53.0 Å². The monoisotopic (exact) mass is 427 g/mol. The molecule has 2 heterocycles. The highest BCUT2D eigenvalue weighted by Gasteiger charge is 2.55. The van der Waals surface area contributed by atoms with E-state index in [1.165, 1.54) is 0 Å². The van der Waals surface area contributed by atoms with Crippen molar-refractivity contribution in [3.63, 3.8) is 0 Å². The van der Waals surface area contributed by atoms with Crippen molar-refractivity contribution in [1.29, 1.82) is 0 Å². The summed E-state index contributed by atoms with van der Waals surface area (Å²) < 4.78 is 7.16. The Kier molecular flexibility index (Phi) is 5.71. The van der Waals surface area contributed by atoms with Crippen LogP contribution in [0.1, 0.15) is 35.7 Å². The Morgan fingerprint density at radius 3 is 2.37 bits per heavy atom. The Morgan fingerprint density at radius 1 is 1.10 bits per heavy atom. The first kappa shape index (κ1) is 20.7. The number of likely N-dealkylation sites (N-methyl/N-ethyl adjacent to an activating group) is 1.